The van der Waals surface area contributed by atoms with Gasteiger partial charge in [0.1, 0.15) is 24.4 Å². The number of aliphatic hydroxyl groups is 4. The van der Waals surface area contributed by atoms with Crippen LogP contribution in [0.3, 0.4) is 0 Å². The molecule has 0 spiro atoms. The van der Waals surface area contributed by atoms with Gasteiger partial charge in [-0.2, -0.15) is 0 Å². The minimum absolute atomic E-state index is 0.484. The Balaban J connectivity index is 2.76. The molecule has 0 aromatic rings. The predicted molar refractivity (Wildman–Crippen MR) is 43.7 cm³/mol. The van der Waals surface area contributed by atoms with Gasteiger partial charge in [0, 0.05) is 0 Å². The average molecular weight is 190 g/mol. The Labute approximate surface area is 75.9 Å². The standard InChI is InChI=1S/C8H14O5/c1-3(2)7-5(10)4(9)6(11)8(12)13-7/h4-12H,1H2,2H3. The molecule has 1 aliphatic rings. The maximum atomic E-state index is 9.39. The molecule has 1 saturated heterocycles. The highest BCUT2D eigenvalue weighted by atomic mass is 16.6. The second-order valence-electron chi connectivity index (χ2n) is 3.27. The summed E-state index contributed by atoms with van der Waals surface area (Å²) in [5.41, 5.74) is 0.484. The molecule has 5 nitrogen and oxygen atoms in total. The van der Waals surface area contributed by atoms with E-state index >= 15 is 0 Å². The molecule has 0 aliphatic carbocycles. The lowest BCUT2D eigenvalue weighted by atomic mass is 9.95. The lowest BCUT2D eigenvalue weighted by molar-refractivity contribution is -0.273. The summed E-state index contributed by atoms with van der Waals surface area (Å²) in [6.07, 6.45) is -6.47. The number of rotatable bonds is 1. The molecule has 0 aromatic carbocycles. The van der Waals surface area contributed by atoms with Crippen molar-refractivity contribution in [3.05, 3.63) is 12.2 Å². The lowest BCUT2D eigenvalue weighted by Crippen LogP contribution is -2.57. The number of aliphatic hydroxyl groups excluding tert-OH is 4. The molecule has 0 aromatic heterocycles. The number of hydrogen-bond donors (Lipinski definition) is 4. The molecule has 5 atom stereocenters. The fraction of sp³-hybridized carbons (Fsp3) is 0.750. The van der Waals surface area contributed by atoms with Crippen molar-refractivity contribution in [3.63, 3.8) is 0 Å². The third kappa shape index (κ3) is 1.90. The number of hydrogen-bond acceptors (Lipinski definition) is 5. The van der Waals surface area contributed by atoms with E-state index < -0.39 is 30.7 Å². The van der Waals surface area contributed by atoms with Gasteiger partial charge in [-0.15, -0.1) is 0 Å². The van der Waals surface area contributed by atoms with Crippen LogP contribution in [0.4, 0.5) is 0 Å². The molecule has 0 saturated carbocycles. The van der Waals surface area contributed by atoms with Crippen LogP contribution in [0.15, 0.2) is 12.2 Å². The van der Waals surface area contributed by atoms with Gasteiger partial charge >= 0.3 is 0 Å². The van der Waals surface area contributed by atoms with E-state index in [-0.39, 0.29) is 0 Å². The second-order valence-corrected chi connectivity index (χ2v) is 3.27. The third-order valence-electron chi connectivity index (χ3n) is 2.07. The molecule has 1 fully saturated rings. The summed E-state index contributed by atoms with van der Waals surface area (Å²) in [6.45, 7) is 5.14. The van der Waals surface area contributed by atoms with E-state index in [1.165, 1.54) is 0 Å². The Morgan fingerprint density at radius 3 is 2.08 bits per heavy atom. The molecule has 1 heterocycles. The Morgan fingerprint density at radius 2 is 1.62 bits per heavy atom. The molecule has 0 amide bonds. The summed E-state index contributed by atoms with van der Waals surface area (Å²) in [4.78, 5) is 0. The predicted octanol–water partition coefficient (Wildman–Crippen LogP) is -1.64. The Morgan fingerprint density at radius 1 is 1.08 bits per heavy atom. The molecular weight excluding hydrogens is 176 g/mol. The summed E-state index contributed by atoms with van der Waals surface area (Å²) < 4.78 is 4.84. The van der Waals surface area contributed by atoms with Crippen LogP contribution >= 0.6 is 0 Å². The van der Waals surface area contributed by atoms with E-state index in [9.17, 15) is 10.2 Å². The van der Waals surface area contributed by atoms with E-state index in [0.29, 0.717) is 5.57 Å². The smallest absolute Gasteiger partial charge is 0.184 e. The van der Waals surface area contributed by atoms with Gasteiger partial charge in [0.25, 0.3) is 0 Å². The normalized spacial score (nSPS) is 46.1. The van der Waals surface area contributed by atoms with Crippen LogP contribution in [0.25, 0.3) is 0 Å². The molecule has 1 rings (SSSR count). The maximum Gasteiger partial charge on any atom is 0.184 e. The van der Waals surface area contributed by atoms with Gasteiger partial charge in [0.15, 0.2) is 6.29 Å². The van der Waals surface area contributed by atoms with E-state index in [4.69, 9.17) is 14.9 Å². The van der Waals surface area contributed by atoms with Crippen LogP contribution in [0.1, 0.15) is 6.92 Å². The monoisotopic (exact) mass is 190 g/mol. The van der Waals surface area contributed by atoms with Crippen LogP contribution in [-0.4, -0.2) is 51.1 Å². The molecule has 76 valence electrons. The minimum atomic E-state index is -1.49. The molecule has 5 heteroatoms. The van der Waals surface area contributed by atoms with Gasteiger partial charge in [-0.3, -0.25) is 0 Å². The summed E-state index contributed by atoms with van der Waals surface area (Å²) in [7, 11) is 0. The first-order valence-electron chi connectivity index (χ1n) is 3.98. The summed E-state index contributed by atoms with van der Waals surface area (Å²) in [5, 5.41) is 36.8. The molecule has 5 unspecified atom stereocenters. The molecular formula is C8H14O5. The summed E-state index contributed by atoms with van der Waals surface area (Å²) in [5.74, 6) is 0. The SMILES string of the molecule is C=C(C)C1OC(O)C(O)C(O)C1O. The maximum absolute atomic E-state index is 9.39. The zero-order valence-electron chi connectivity index (χ0n) is 7.29. The van der Waals surface area contributed by atoms with Gasteiger partial charge in [-0.05, 0) is 12.5 Å². The van der Waals surface area contributed by atoms with E-state index in [1.807, 2.05) is 0 Å². The quantitative estimate of drug-likeness (QED) is 0.372. The van der Waals surface area contributed by atoms with Gasteiger partial charge in [0.05, 0.1) is 0 Å². The second kappa shape index (κ2) is 3.73. The van der Waals surface area contributed by atoms with Crippen molar-refractivity contribution in [1.82, 2.24) is 0 Å². The molecule has 0 radical (unpaired) electrons. The zero-order chi connectivity index (χ0) is 10.2. The van der Waals surface area contributed by atoms with Gasteiger partial charge in [0.2, 0.25) is 0 Å². The van der Waals surface area contributed by atoms with Crippen molar-refractivity contribution in [2.45, 2.75) is 37.6 Å². The van der Waals surface area contributed by atoms with Crippen molar-refractivity contribution < 1.29 is 25.2 Å². The van der Waals surface area contributed by atoms with Crippen LogP contribution in [0.2, 0.25) is 0 Å². The van der Waals surface area contributed by atoms with Crippen molar-refractivity contribution in [3.8, 4) is 0 Å². The summed E-state index contributed by atoms with van der Waals surface area (Å²) >= 11 is 0. The van der Waals surface area contributed by atoms with Crippen LogP contribution in [0.5, 0.6) is 0 Å². The van der Waals surface area contributed by atoms with Crippen molar-refractivity contribution in [1.29, 1.82) is 0 Å². The first-order valence-corrected chi connectivity index (χ1v) is 3.98. The Bertz CT molecular complexity index is 205. The highest BCUT2D eigenvalue weighted by molar-refractivity contribution is 5.06. The Hall–Kier alpha value is -0.460. The van der Waals surface area contributed by atoms with Crippen molar-refractivity contribution >= 4 is 0 Å². The highest BCUT2D eigenvalue weighted by Gasteiger charge is 2.42. The molecule has 4 N–H and O–H groups in total. The third-order valence-corrected chi connectivity index (χ3v) is 2.07. The first kappa shape index (κ1) is 10.6. The van der Waals surface area contributed by atoms with Crippen LogP contribution < -0.4 is 0 Å². The highest BCUT2D eigenvalue weighted by Crippen LogP contribution is 2.23. The van der Waals surface area contributed by atoms with Gasteiger partial charge in [-0.25, -0.2) is 0 Å². The van der Waals surface area contributed by atoms with Gasteiger partial charge in [-0.1, -0.05) is 6.58 Å². The van der Waals surface area contributed by atoms with Crippen molar-refractivity contribution in [2.75, 3.05) is 0 Å². The average Bonchev–Trinajstić information content (AvgIpc) is 2.07. The number of ether oxygens (including phenoxy) is 1. The zero-order valence-corrected chi connectivity index (χ0v) is 7.29. The first-order chi connectivity index (χ1) is 5.95. The fourth-order valence-corrected chi connectivity index (χ4v) is 1.27. The lowest BCUT2D eigenvalue weighted by Gasteiger charge is -2.38. The van der Waals surface area contributed by atoms with Gasteiger partial charge < -0.3 is 25.2 Å². The molecule has 0 bridgehead atoms. The largest absolute Gasteiger partial charge is 0.387 e. The van der Waals surface area contributed by atoms with Crippen LogP contribution in [0, 0.1) is 0 Å². The van der Waals surface area contributed by atoms with Crippen LogP contribution in [-0.2, 0) is 4.74 Å². The molecule has 13 heavy (non-hydrogen) atoms. The molecule has 1 aliphatic heterocycles. The minimum Gasteiger partial charge on any atom is -0.387 e. The van der Waals surface area contributed by atoms with Crippen molar-refractivity contribution in [2.24, 2.45) is 0 Å². The topological polar surface area (TPSA) is 90.2 Å². The summed E-state index contributed by atoms with van der Waals surface area (Å²) in [6, 6.07) is 0. The van der Waals surface area contributed by atoms with E-state index in [0.717, 1.165) is 0 Å². The van der Waals surface area contributed by atoms with E-state index in [1.54, 1.807) is 6.92 Å². The van der Waals surface area contributed by atoms with E-state index in [2.05, 4.69) is 6.58 Å². The Kier molecular flexibility index (Phi) is 3.05. The fourth-order valence-electron chi connectivity index (χ4n) is 1.27.